The summed E-state index contributed by atoms with van der Waals surface area (Å²) in [7, 11) is 0. The van der Waals surface area contributed by atoms with Gasteiger partial charge < -0.3 is 10.6 Å². The van der Waals surface area contributed by atoms with Crippen LogP contribution in [0.2, 0.25) is 10.0 Å². The molecule has 4 nitrogen and oxygen atoms in total. The van der Waals surface area contributed by atoms with Crippen LogP contribution in [-0.2, 0) is 9.59 Å². The second kappa shape index (κ2) is 7.13. The summed E-state index contributed by atoms with van der Waals surface area (Å²) in [6.45, 7) is 1.88. The number of rotatable bonds is 2. The minimum Gasteiger partial charge on any atom is -0.318 e. The molecule has 114 valence electrons. The quantitative estimate of drug-likeness (QED) is 0.720. The Balaban J connectivity index is 2.05. The van der Waals surface area contributed by atoms with Gasteiger partial charge in [-0.2, -0.15) is 0 Å². The molecule has 2 aromatic rings. The third kappa shape index (κ3) is 4.47. The highest BCUT2D eigenvalue weighted by molar-refractivity contribution is 9.10. The first-order chi connectivity index (χ1) is 10.3. The second-order valence-electron chi connectivity index (χ2n) is 4.53. The lowest BCUT2D eigenvalue weighted by atomic mass is 10.2. The largest absolute Gasteiger partial charge is 0.318 e. The van der Waals surface area contributed by atoms with Crippen LogP contribution in [0.5, 0.6) is 0 Å². The third-order valence-electron chi connectivity index (χ3n) is 2.74. The first-order valence-electron chi connectivity index (χ1n) is 6.20. The number of benzene rings is 2. The molecular weight excluding hydrogens is 391 g/mol. The molecule has 0 bridgehead atoms. The Labute approximate surface area is 145 Å². The molecular formula is C15H11BrCl2N2O2. The van der Waals surface area contributed by atoms with Crippen molar-refractivity contribution in [2.24, 2.45) is 0 Å². The van der Waals surface area contributed by atoms with Crippen LogP contribution in [0.1, 0.15) is 5.56 Å². The van der Waals surface area contributed by atoms with Crippen LogP contribution in [0.15, 0.2) is 40.9 Å². The van der Waals surface area contributed by atoms with Crippen molar-refractivity contribution in [3.63, 3.8) is 0 Å². The molecule has 0 aliphatic heterocycles. The van der Waals surface area contributed by atoms with E-state index in [0.29, 0.717) is 21.4 Å². The fourth-order valence-electron chi connectivity index (χ4n) is 1.72. The Kier molecular flexibility index (Phi) is 5.45. The van der Waals surface area contributed by atoms with Crippen molar-refractivity contribution in [1.82, 2.24) is 0 Å². The van der Waals surface area contributed by atoms with E-state index in [1.165, 1.54) is 18.2 Å². The lowest BCUT2D eigenvalue weighted by molar-refractivity contribution is -0.132. The molecule has 0 aliphatic carbocycles. The lowest BCUT2D eigenvalue weighted by Crippen LogP contribution is -2.29. The van der Waals surface area contributed by atoms with E-state index in [9.17, 15) is 9.59 Å². The van der Waals surface area contributed by atoms with Gasteiger partial charge in [0.1, 0.15) is 0 Å². The molecule has 2 amide bonds. The highest BCUT2D eigenvalue weighted by atomic mass is 79.9. The summed E-state index contributed by atoms with van der Waals surface area (Å²) in [6, 6.07) is 9.78. The highest BCUT2D eigenvalue weighted by Crippen LogP contribution is 2.23. The molecule has 0 heterocycles. The third-order valence-corrected chi connectivity index (χ3v) is 4.07. The summed E-state index contributed by atoms with van der Waals surface area (Å²) in [4.78, 5) is 23.8. The molecule has 0 spiro atoms. The Morgan fingerprint density at radius 3 is 2.00 bits per heavy atom. The second-order valence-corrected chi connectivity index (χ2v) is 6.26. The van der Waals surface area contributed by atoms with E-state index in [-0.39, 0.29) is 0 Å². The van der Waals surface area contributed by atoms with Crippen LogP contribution in [0.3, 0.4) is 0 Å². The minimum atomic E-state index is -0.807. The Bertz CT molecular complexity index is 730. The first-order valence-corrected chi connectivity index (χ1v) is 7.74. The fourth-order valence-corrected chi connectivity index (χ4v) is 2.50. The van der Waals surface area contributed by atoms with E-state index in [4.69, 9.17) is 23.2 Å². The number of hydrogen-bond donors (Lipinski definition) is 2. The Morgan fingerprint density at radius 2 is 1.45 bits per heavy atom. The molecule has 0 saturated carbocycles. The predicted molar refractivity (Wildman–Crippen MR) is 92.6 cm³/mol. The number of nitrogens with one attached hydrogen (secondary N) is 2. The summed E-state index contributed by atoms with van der Waals surface area (Å²) in [5.41, 5.74) is 1.83. The maximum Gasteiger partial charge on any atom is 0.314 e. The fraction of sp³-hybridized carbons (Fsp3) is 0.0667. The van der Waals surface area contributed by atoms with Gasteiger partial charge in [0.25, 0.3) is 0 Å². The molecule has 2 N–H and O–H groups in total. The number of carbonyl (C=O) groups excluding carboxylic acids is 2. The molecule has 2 aromatic carbocycles. The number of aryl methyl sites for hydroxylation is 1. The van der Waals surface area contributed by atoms with E-state index in [1.807, 2.05) is 6.92 Å². The molecule has 0 aromatic heterocycles. The zero-order valence-electron chi connectivity index (χ0n) is 11.4. The maximum atomic E-state index is 11.9. The number of hydrogen-bond acceptors (Lipinski definition) is 2. The Hall–Kier alpha value is -1.56. The monoisotopic (exact) mass is 400 g/mol. The summed E-state index contributed by atoms with van der Waals surface area (Å²) in [5, 5.41) is 5.70. The molecule has 0 radical (unpaired) electrons. The SMILES string of the molecule is Cc1cc(NC(=O)C(=O)Nc2cc(Cl)cc(Cl)c2)ccc1Br. The molecule has 0 atom stereocenters. The van der Waals surface area contributed by atoms with Crippen LogP contribution in [0, 0.1) is 6.92 Å². The average molecular weight is 402 g/mol. The zero-order valence-corrected chi connectivity index (χ0v) is 14.5. The van der Waals surface area contributed by atoms with Crippen LogP contribution < -0.4 is 10.6 Å². The summed E-state index contributed by atoms with van der Waals surface area (Å²) < 4.78 is 0.920. The van der Waals surface area contributed by atoms with Crippen molar-refractivity contribution in [3.8, 4) is 0 Å². The van der Waals surface area contributed by atoms with Crippen molar-refractivity contribution < 1.29 is 9.59 Å². The Morgan fingerprint density at radius 1 is 0.909 bits per heavy atom. The van der Waals surface area contributed by atoms with E-state index in [0.717, 1.165) is 10.0 Å². The summed E-state index contributed by atoms with van der Waals surface area (Å²) in [6.07, 6.45) is 0. The minimum absolute atomic E-state index is 0.352. The van der Waals surface area contributed by atoms with E-state index >= 15 is 0 Å². The molecule has 7 heteroatoms. The van der Waals surface area contributed by atoms with Gasteiger partial charge in [-0.1, -0.05) is 39.1 Å². The molecule has 2 rings (SSSR count). The predicted octanol–water partition coefficient (Wildman–Crippen LogP) is 4.64. The van der Waals surface area contributed by atoms with Gasteiger partial charge in [0, 0.05) is 25.9 Å². The van der Waals surface area contributed by atoms with E-state index in [1.54, 1.807) is 18.2 Å². The van der Waals surface area contributed by atoms with Crippen molar-refractivity contribution in [2.75, 3.05) is 10.6 Å². The van der Waals surface area contributed by atoms with Crippen LogP contribution in [-0.4, -0.2) is 11.8 Å². The van der Waals surface area contributed by atoms with Crippen molar-refractivity contribution in [2.45, 2.75) is 6.92 Å². The van der Waals surface area contributed by atoms with Gasteiger partial charge >= 0.3 is 11.8 Å². The van der Waals surface area contributed by atoms with Gasteiger partial charge in [-0.3, -0.25) is 9.59 Å². The zero-order chi connectivity index (χ0) is 16.3. The van der Waals surface area contributed by atoms with Gasteiger partial charge in [0.2, 0.25) is 0 Å². The molecule has 0 saturated heterocycles. The van der Waals surface area contributed by atoms with Crippen molar-refractivity contribution >= 4 is 62.3 Å². The van der Waals surface area contributed by atoms with Crippen LogP contribution in [0.25, 0.3) is 0 Å². The van der Waals surface area contributed by atoms with Crippen molar-refractivity contribution in [1.29, 1.82) is 0 Å². The number of carbonyl (C=O) groups is 2. The number of halogens is 3. The highest BCUT2D eigenvalue weighted by Gasteiger charge is 2.15. The van der Waals surface area contributed by atoms with Gasteiger partial charge in [-0.25, -0.2) is 0 Å². The molecule has 0 unspecified atom stereocenters. The van der Waals surface area contributed by atoms with Crippen LogP contribution in [0.4, 0.5) is 11.4 Å². The lowest BCUT2D eigenvalue weighted by Gasteiger charge is -2.08. The molecule has 0 fully saturated rings. The van der Waals surface area contributed by atoms with Gasteiger partial charge in [-0.05, 0) is 48.9 Å². The standard InChI is InChI=1S/C15H11BrCl2N2O2/c1-8-4-11(2-3-13(8)16)19-14(21)15(22)20-12-6-9(17)5-10(18)7-12/h2-7H,1H3,(H,19,21)(H,20,22). The molecule has 22 heavy (non-hydrogen) atoms. The summed E-state index contributed by atoms with van der Waals surface area (Å²) >= 11 is 15.0. The first kappa shape index (κ1) is 16.8. The molecule has 0 aliphatic rings. The van der Waals surface area contributed by atoms with E-state index < -0.39 is 11.8 Å². The maximum absolute atomic E-state index is 11.9. The van der Waals surface area contributed by atoms with Crippen LogP contribution >= 0.6 is 39.1 Å². The van der Waals surface area contributed by atoms with Gasteiger partial charge in [0.15, 0.2) is 0 Å². The van der Waals surface area contributed by atoms with E-state index in [2.05, 4.69) is 26.6 Å². The number of anilines is 2. The van der Waals surface area contributed by atoms with Gasteiger partial charge in [-0.15, -0.1) is 0 Å². The van der Waals surface area contributed by atoms with Crippen molar-refractivity contribution in [3.05, 3.63) is 56.5 Å². The average Bonchev–Trinajstić information content (AvgIpc) is 2.41. The smallest absolute Gasteiger partial charge is 0.314 e. The normalized spacial score (nSPS) is 10.2. The topological polar surface area (TPSA) is 58.2 Å². The van der Waals surface area contributed by atoms with Gasteiger partial charge in [0.05, 0.1) is 0 Å². The number of amides is 2. The summed E-state index contributed by atoms with van der Waals surface area (Å²) in [5.74, 6) is -1.59.